The highest BCUT2D eigenvalue weighted by atomic mass is 79.9. The summed E-state index contributed by atoms with van der Waals surface area (Å²) in [6, 6.07) is 5.38. The van der Waals surface area contributed by atoms with Gasteiger partial charge in [-0.3, -0.25) is 4.79 Å². The molecule has 0 saturated carbocycles. The Bertz CT molecular complexity index is 456. The van der Waals surface area contributed by atoms with E-state index in [4.69, 9.17) is 4.74 Å². The van der Waals surface area contributed by atoms with Crippen molar-refractivity contribution < 1.29 is 9.53 Å². The van der Waals surface area contributed by atoms with Gasteiger partial charge in [0.05, 0.1) is 18.2 Å². The molecule has 1 saturated heterocycles. The molecule has 1 unspecified atom stereocenters. The lowest BCUT2D eigenvalue weighted by Crippen LogP contribution is -2.47. The van der Waals surface area contributed by atoms with Crippen LogP contribution in [0.15, 0.2) is 22.7 Å². The molecule has 98 valence electrons. The van der Waals surface area contributed by atoms with Gasteiger partial charge in [0.15, 0.2) is 0 Å². The molecule has 0 spiro atoms. The number of benzene rings is 1. The van der Waals surface area contributed by atoms with Crippen molar-refractivity contribution >= 4 is 21.8 Å². The third-order valence-electron chi connectivity index (χ3n) is 3.20. The van der Waals surface area contributed by atoms with Crippen LogP contribution in [0.25, 0.3) is 0 Å². The fourth-order valence-corrected chi connectivity index (χ4v) is 2.50. The highest BCUT2D eigenvalue weighted by Crippen LogP contribution is 2.23. The molecule has 1 aromatic rings. The molecule has 1 amide bonds. The SMILES string of the molecule is COc1ccc(Br)c(C(=O)NC2(C)CCNC2)c1. The first-order valence-electron chi connectivity index (χ1n) is 5.91. The number of nitrogens with one attached hydrogen (secondary N) is 2. The van der Waals surface area contributed by atoms with E-state index in [2.05, 4.69) is 33.5 Å². The molecule has 5 heteroatoms. The van der Waals surface area contributed by atoms with Crippen molar-refractivity contribution in [3.8, 4) is 5.75 Å². The van der Waals surface area contributed by atoms with Gasteiger partial charge in [0.25, 0.3) is 5.91 Å². The fraction of sp³-hybridized carbons (Fsp3) is 0.462. The maximum atomic E-state index is 12.3. The van der Waals surface area contributed by atoms with Gasteiger partial charge in [-0.05, 0) is 54.0 Å². The van der Waals surface area contributed by atoms with E-state index >= 15 is 0 Å². The van der Waals surface area contributed by atoms with Gasteiger partial charge in [0, 0.05) is 11.0 Å². The first kappa shape index (κ1) is 13.4. The Morgan fingerprint density at radius 1 is 1.56 bits per heavy atom. The summed E-state index contributed by atoms with van der Waals surface area (Å²) >= 11 is 3.40. The lowest BCUT2D eigenvalue weighted by atomic mass is 10.0. The van der Waals surface area contributed by atoms with Crippen LogP contribution in [0.4, 0.5) is 0 Å². The van der Waals surface area contributed by atoms with Crippen molar-refractivity contribution in [1.82, 2.24) is 10.6 Å². The van der Waals surface area contributed by atoms with Gasteiger partial charge >= 0.3 is 0 Å². The van der Waals surface area contributed by atoms with E-state index < -0.39 is 0 Å². The molecule has 1 aromatic carbocycles. The number of carbonyl (C=O) groups is 1. The monoisotopic (exact) mass is 312 g/mol. The van der Waals surface area contributed by atoms with E-state index in [9.17, 15) is 4.79 Å². The first-order chi connectivity index (χ1) is 8.54. The lowest BCUT2D eigenvalue weighted by Gasteiger charge is -2.24. The Kier molecular flexibility index (Phi) is 3.92. The minimum absolute atomic E-state index is 0.0769. The maximum Gasteiger partial charge on any atom is 0.253 e. The zero-order chi connectivity index (χ0) is 13.2. The van der Waals surface area contributed by atoms with Crippen LogP contribution in [0.3, 0.4) is 0 Å². The third kappa shape index (κ3) is 2.84. The van der Waals surface area contributed by atoms with Crippen molar-refractivity contribution in [2.75, 3.05) is 20.2 Å². The average molecular weight is 313 g/mol. The highest BCUT2D eigenvalue weighted by molar-refractivity contribution is 9.10. The van der Waals surface area contributed by atoms with Crippen LogP contribution in [0.1, 0.15) is 23.7 Å². The van der Waals surface area contributed by atoms with Crippen molar-refractivity contribution in [3.05, 3.63) is 28.2 Å². The summed E-state index contributed by atoms with van der Waals surface area (Å²) < 4.78 is 5.92. The second-order valence-electron chi connectivity index (χ2n) is 4.79. The van der Waals surface area contributed by atoms with Gasteiger partial charge in [-0.1, -0.05) is 0 Å². The second kappa shape index (κ2) is 5.28. The molecule has 1 atom stereocenters. The number of halogens is 1. The average Bonchev–Trinajstić information content (AvgIpc) is 2.76. The number of methoxy groups -OCH3 is 1. The predicted octanol–water partition coefficient (Wildman–Crippen LogP) is 1.94. The summed E-state index contributed by atoms with van der Waals surface area (Å²) in [5.41, 5.74) is 0.432. The van der Waals surface area contributed by atoms with Crippen LogP contribution in [0.2, 0.25) is 0 Å². The zero-order valence-corrected chi connectivity index (χ0v) is 12.1. The Hall–Kier alpha value is -1.07. The van der Waals surface area contributed by atoms with Gasteiger partial charge in [0.1, 0.15) is 5.75 Å². The highest BCUT2D eigenvalue weighted by Gasteiger charge is 2.30. The normalized spacial score (nSPS) is 22.8. The van der Waals surface area contributed by atoms with Gasteiger partial charge < -0.3 is 15.4 Å². The van der Waals surface area contributed by atoms with Crippen LogP contribution in [0, 0.1) is 0 Å². The van der Waals surface area contributed by atoms with Crippen LogP contribution in [-0.2, 0) is 0 Å². The zero-order valence-electron chi connectivity index (χ0n) is 10.5. The van der Waals surface area contributed by atoms with E-state index in [1.807, 2.05) is 12.1 Å². The van der Waals surface area contributed by atoms with Crippen LogP contribution < -0.4 is 15.4 Å². The Morgan fingerprint density at radius 3 is 2.94 bits per heavy atom. The summed E-state index contributed by atoms with van der Waals surface area (Å²) in [6.07, 6.45) is 0.945. The molecule has 1 heterocycles. The smallest absolute Gasteiger partial charge is 0.253 e. The molecular weight excluding hydrogens is 296 g/mol. The molecule has 1 aliphatic heterocycles. The van der Waals surface area contributed by atoms with Crippen LogP contribution in [0.5, 0.6) is 5.75 Å². The van der Waals surface area contributed by atoms with E-state index in [0.29, 0.717) is 11.3 Å². The minimum Gasteiger partial charge on any atom is -0.497 e. The van der Waals surface area contributed by atoms with Gasteiger partial charge in [0.2, 0.25) is 0 Å². The van der Waals surface area contributed by atoms with E-state index in [1.165, 1.54) is 0 Å². The van der Waals surface area contributed by atoms with E-state index in [-0.39, 0.29) is 11.4 Å². The van der Waals surface area contributed by atoms with Gasteiger partial charge in [-0.15, -0.1) is 0 Å². The number of hydrogen-bond donors (Lipinski definition) is 2. The largest absolute Gasteiger partial charge is 0.497 e. The number of rotatable bonds is 3. The molecule has 1 fully saturated rings. The molecule has 0 bridgehead atoms. The van der Waals surface area contributed by atoms with Crippen molar-refractivity contribution in [3.63, 3.8) is 0 Å². The molecular formula is C13H17BrN2O2. The quantitative estimate of drug-likeness (QED) is 0.897. The van der Waals surface area contributed by atoms with Crippen molar-refractivity contribution in [2.45, 2.75) is 18.9 Å². The Labute approximate surface area is 115 Å². The maximum absolute atomic E-state index is 12.3. The lowest BCUT2D eigenvalue weighted by molar-refractivity contribution is 0.0912. The minimum atomic E-state index is -0.167. The molecule has 4 nitrogen and oxygen atoms in total. The molecule has 0 aliphatic carbocycles. The summed E-state index contributed by atoms with van der Waals surface area (Å²) in [5, 5.41) is 6.33. The number of carbonyl (C=O) groups excluding carboxylic acids is 1. The predicted molar refractivity (Wildman–Crippen MR) is 74.1 cm³/mol. The van der Waals surface area contributed by atoms with Crippen LogP contribution in [-0.4, -0.2) is 31.6 Å². The van der Waals surface area contributed by atoms with Gasteiger partial charge in [-0.25, -0.2) is 0 Å². The standard InChI is InChI=1S/C13H17BrN2O2/c1-13(5-6-15-8-13)16-12(17)10-7-9(18-2)3-4-11(10)14/h3-4,7,15H,5-6,8H2,1-2H3,(H,16,17). The number of ether oxygens (including phenoxy) is 1. The molecule has 0 radical (unpaired) electrons. The molecule has 0 aromatic heterocycles. The third-order valence-corrected chi connectivity index (χ3v) is 3.89. The topological polar surface area (TPSA) is 50.4 Å². The molecule has 2 N–H and O–H groups in total. The summed E-state index contributed by atoms with van der Waals surface area (Å²) in [4.78, 5) is 12.3. The number of amides is 1. The van der Waals surface area contributed by atoms with Crippen LogP contribution >= 0.6 is 15.9 Å². The summed E-state index contributed by atoms with van der Waals surface area (Å²) in [5.74, 6) is 0.602. The number of hydrogen-bond acceptors (Lipinski definition) is 3. The van der Waals surface area contributed by atoms with Crippen molar-refractivity contribution in [1.29, 1.82) is 0 Å². The first-order valence-corrected chi connectivity index (χ1v) is 6.70. The molecule has 2 rings (SSSR count). The fourth-order valence-electron chi connectivity index (χ4n) is 2.07. The second-order valence-corrected chi connectivity index (χ2v) is 5.64. The summed E-state index contributed by atoms with van der Waals surface area (Å²) in [7, 11) is 1.59. The Balaban J connectivity index is 2.17. The molecule has 1 aliphatic rings. The molecule has 18 heavy (non-hydrogen) atoms. The van der Waals surface area contributed by atoms with Gasteiger partial charge in [-0.2, -0.15) is 0 Å². The Morgan fingerprint density at radius 2 is 2.33 bits per heavy atom. The van der Waals surface area contributed by atoms with E-state index in [0.717, 1.165) is 24.0 Å². The van der Waals surface area contributed by atoms with E-state index in [1.54, 1.807) is 13.2 Å². The van der Waals surface area contributed by atoms with Crippen molar-refractivity contribution in [2.24, 2.45) is 0 Å². The summed E-state index contributed by atoms with van der Waals surface area (Å²) in [6.45, 7) is 3.80.